The number of hydrogen-bond donors (Lipinski definition) is 1. The summed E-state index contributed by atoms with van der Waals surface area (Å²) in [6.45, 7) is 9.16. The number of benzene rings is 1. The number of rotatable bonds is 7. The maximum absolute atomic E-state index is 5.75. The molecule has 2 nitrogen and oxygen atoms in total. The van der Waals surface area contributed by atoms with Gasteiger partial charge in [0.2, 0.25) is 0 Å². The van der Waals surface area contributed by atoms with Crippen LogP contribution in [0.5, 0.6) is 5.75 Å². The summed E-state index contributed by atoms with van der Waals surface area (Å²) in [5.41, 5.74) is 6.91. The van der Waals surface area contributed by atoms with Crippen LogP contribution in [0.25, 0.3) is 0 Å². The molecule has 3 heteroatoms. The van der Waals surface area contributed by atoms with Gasteiger partial charge in [-0.3, -0.25) is 0 Å². The van der Waals surface area contributed by atoms with Crippen LogP contribution < -0.4 is 10.5 Å². The van der Waals surface area contributed by atoms with Crippen molar-refractivity contribution in [1.29, 1.82) is 0 Å². The third-order valence-electron chi connectivity index (χ3n) is 3.72. The lowest BCUT2D eigenvalue weighted by molar-refractivity contribution is 0.270. The van der Waals surface area contributed by atoms with Crippen LogP contribution in [-0.4, -0.2) is 11.6 Å². The molecular formula is C16H25NOS. The Hall–Kier alpha value is -1.09. The second-order valence-corrected chi connectivity index (χ2v) is 6.16. The molecule has 0 aliphatic carbocycles. The molecule has 2 N–H and O–H groups in total. The van der Waals surface area contributed by atoms with Crippen molar-refractivity contribution in [2.45, 2.75) is 46.5 Å². The van der Waals surface area contributed by atoms with Crippen molar-refractivity contribution in [3.63, 3.8) is 0 Å². The monoisotopic (exact) mass is 279 g/mol. The average Bonchev–Trinajstić information content (AvgIpc) is 2.38. The predicted octanol–water partition coefficient (Wildman–Crippen LogP) is 4.28. The van der Waals surface area contributed by atoms with Crippen molar-refractivity contribution in [2.75, 3.05) is 6.61 Å². The molecule has 1 atom stereocenters. The zero-order chi connectivity index (χ0) is 14.5. The Kier molecular flexibility index (Phi) is 5.80. The van der Waals surface area contributed by atoms with E-state index in [1.165, 1.54) is 5.56 Å². The van der Waals surface area contributed by atoms with Gasteiger partial charge in [-0.25, -0.2) is 0 Å². The van der Waals surface area contributed by atoms with E-state index >= 15 is 0 Å². The summed E-state index contributed by atoms with van der Waals surface area (Å²) < 4.78 is 5.75. The zero-order valence-corrected chi connectivity index (χ0v) is 13.2. The summed E-state index contributed by atoms with van der Waals surface area (Å²) >= 11 is 5.04. The molecular weight excluding hydrogens is 254 g/mol. The molecule has 0 amide bonds. The van der Waals surface area contributed by atoms with Gasteiger partial charge in [-0.2, -0.15) is 0 Å². The van der Waals surface area contributed by atoms with Gasteiger partial charge in [0.05, 0.1) is 11.6 Å². The first-order valence-electron chi connectivity index (χ1n) is 6.89. The highest BCUT2D eigenvalue weighted by Crippen LogP contribution is 2.23. The van der Waals surface area contributed by atoms with E-state index < -0.39 is 0 Å². The summed E-state index contributed by atoms with van der Waals surface area (Å²) in [4.78, 5) is 0.545. The average molecular weight is 279 g/mol. The molecule has 0 saturated heterocycles. The fraction of sp³-hybridized carbons (Fsp3) is 0.562. The van der Waals surface area contributed by atoms with Crippen molar-refractivity contribution in [3.8, 4) is 5.75 Å². The van der Waals surface area contributed by atoms with Crippen molar-refractivity contribution in [1.82, 2.24) is 0 Å². The quantitative estimate of drug-likeness (QED) is 0.757. The third kappa shape index (κ3) is 4.83. The molecule has 0 saturated carbocycles. The van der Waals surface area contributed by atoms with Crippen LogP contribution in [0.2, 0.25) is 0 Å². The maximum atomic E-state index is 5.75. The van der Waals surface area contributed by atoms with Crippen molar-refractivity contribution in [2.24, 2.45) is 11.1 Å². The van der Waals surface area contributed by atoms with Crippen LogP contribution in [0.4, 0.5) is 0 Å². The van der Waals surface area contributed by atoms with E-state index in [1.54, 1.807) is 0 Å². The van der Waals surface area contributed by atoms with E-state index in [2.05, 4.69) is 26.0 Å². The third-order valence-corrected chi connectivity index (χ3v) is 4.28. The largest absolute Gasteiger partial charge is 0.494 e. The molecule has 106 valence electrons. The van der Waals surface area contributed by atoms with Crippen LogP contribution in [0.1, 0.15) is 52.0 Å². The molecule has 1 rings (SSSR count). The number of hydrogen-bond acceptors (Lipinski definition) is 2. The van der Waals surface area contributed by atoms with Gasteiger partial charge in [-0.05, 0) is 36.5 Å². The van der Waals surface area contributed by atoms with Crippen LogP contribution in [0, 0.1) is 5.41 Å². The highest BCUT2D eigenvalue weighted by Gasteiger charge is 2.21. The van der Waals surface area contributed by atoms with Crippen molar-refractivity contribution < 1.29 is 4.74 Å². The minimum absolute atomic E-state index is 0.147. The van der Waals surface area contributed by atoms with Crippen LogP contribution in [0.15, 0.2) is 24.3 Å². The molecule has 0 bridgehead atoms. The molecule has 1 unspecified atom stereocenters. The van der Waals surface area contributed by atoms with Gasteiger partial charge in [0.1, 0.15) is 5.75 Å². The first-order valence-corrected chi connectivity index (χ1v) is 7.30. The Labute approximate surface area is 122 Å². The van der Waals surface area contributed by atoms with Gasteiger partial charge in [0.15, 0.2) is 0 Å². The van der Waals surface area contributed by atoms with E-state index in [0.29, 0.717) is 17.5 Å². The van der Waals surface area contributed by atoms with Gasteiger partial charge in [0, 0.05) is 5.41 Å². The standard InChI is InChI=1S/C16H25NOS/c1-5-12(2)13-6-8-14(9-7-13)18-11-10-16(3,4)15(17)19/h6-9,12H,5,10-11H2,1-4H3,(H2,17,19). The molecule has 0 spiro atoms. The summed E-state index contributed by atoms with van der Waals surface area (Å²) in [5.74, 6) is 1.51. The number of thiocarbonyl (C=S) groups is 1. The molecule has 19 heavy (non-hydrogen) atoms. The highest BCUT2D eigenvalue weighted by atomic mass is 32.1. The van der Waals surface area contributed by atoms with Crippen LogP contribution in [0.3, 0.4) is 0 Å². The molecule has 0 aliphatic rings. The smallest absolute Gasteiger partial charge is 0.119 e. The van der Waals surface area contributed by atoms with Crippen LogP contribution in [-0.2, 0) is 0 Å². The van der Waals surface area contributed by atoms with Gasteiger partial charge in [0.25, 0.3) is 0 Å². The summed E-state index contributed by atoms with van der Waals surface area (Å²) in [6.07, 6.45) is 1.98. The lowest BCUT2D eigenvalue weighted by atomic mass is 9.90. The zero-order valence-electron chi connectivity index (χ0n) is 12.4. The molecule has 1 aromatic carbocycles. The van der Waals surface area contributed by atoms with Crippen molar-refractivity contribution >= 4 is 17.2 Å². The lowest BCUT2D eigenvalue weighted by Crippen LogP contribution is -2.31. The van der Waals surface area contributed by atoms with E-state index in [-0.39, 0.29) is 5.41 Å². The van der Waals surface area contributed by atoms with Gasteiger partial charge >= 0.3 is 0 Å². The van der Waals surface area contributed by atoms with Gasteiger partial charge in [-0.1, -0.05) is 52.0 Å². The Bertz CT molecular complexity index is 411. The van der Waals surface area contributed by atoms with Gasteiger partial charge < -0.3 is 10.5 Å². The summed E-state index contributed by atoms with van der Waals surface area (Å²) in [5, 5.41) is 0. The summed E-state index contributed by atoms with van der Waals surface area (Å²) in [7, 11) is 0. The molecule has 0 heterocycles. The SMILES string of the molecule is CCC(C)c1ccc(OCCC(C)(C)C(N)=S)cc1. The molecule has 0 aliphatic heterocycles. The second kappa shape index (κ2) is 6.90. The fourth-order valence-corrected chi connectivity index (χ4v) is 1.78. The Morgan fingerprint density at radius 1 is 1.32 bits per heavy atom. The fourth-order valence-electron chi connectivity index (χ4n) is 1.68. The molecule has 0 aromatic heterocycles. The topological polar surface area (TPSA) is 35.2 Å². The number of ether oxygens (including phenoxy) is 1. The van der Waals surface area contributed by atoms with Crippen LogP contribution >= 0.6 is 12.2 Å². The van der Waals surface area contributed by atoms with E-state index in [4.69, 9.17) is 22.7 Å². The van der Waals surface area contributed by atoms with Gasteiger partial charge in [-0.15, -0.1) is 0 Å². The normalized spacial score (nSPS) is 13.1. The Balaban J connectivity index is 2.49. The maximum Gasteiger partial charge on any atom is 0.119 e. The van der Waals surface area contributed by atoms with Crippen molar-refractivity contribution in [3.05, 3.63) is 29.8 Å². The Morgan fingerprint density at radius 2 is 1.89 bits per heavy atom. The predicted molar refractivity (Wildman–Crippen MR) is 85.8 cm³/mol. The van der Waals surface area contributed by atoms with E-state index in [9.17, 15) is 0 Å². The number of nitrogens with two attached hydrogens (primary N) is 1. The first kappa shape index (κ1) is 16.0. The second-order valence-electron chi connectivity index (χ2n) is 5.72. The first-order chi connectivity index (χ1) is 8.86. The molecule has 1 aromatic rings. The van der Waals surface area contributed by atoms with E-state index in [1.807, 2.05) is 26.0 Å². The lowest BCUT2D eigenvalue weighted by Gasteiger charge is -2.22. The molecule has 0 fully saturated rings. The Morgan fingerprint density at radius 3 is 2.37 bits per heavy atom. The van der Waals surface area contributed by atoms with E-state index in [0.717, 1.165) is 18.6 Å². The minimum atomic E-state index is -0.147. The molecule has 0 radical (unpaired) electrons. The highest BCUT2D eigenvalue weighted by molar-refractivity contribution is 7.80. The minimum Gasteiger partial charge on any atom is -0.494 e. The summed E-state index contributed by atoms with van der Waals surface area (Å²) in [6, 6.07) is 8.36.